The van der Waals surface area contributed by atoms with Gasteiger partial charge >= 0.3 is 0 Å². The second kappa shape index (κ2) is 1.98. The second-order valence-corrected chi connectivity index (χ2v) is 4.22. The minimum atomic E-state index is -0.460. The number of rotatable bonds is 0. The van der Waals surface area contributed by atoms with E-state index in [9.17, 15) is 4.21 Å². The second-order valence-electron chi connectivity index (χ2n) is 1.17. The molecule has 0 aromatic rings. The van der Waals surface area contributed by atoms with Crippen LogP contribution in [0.2, 0.25) is 0 Å². The predicted molar refractivity (Wildman–Crippen MR) is 30.3 cm³/mol. The Morgan fingerprint density at radius 2 is 2.50 bits per heavy atom. The first-order valence-electron chi connectivity index (χ1n) is 1.82. The van der Waals surface area contributed by atoms with E-state index in [0.29, 0.717) is 0 Å². The molecule has 0 N–H and O–H groups in total. The lowest BCUT2D eigenvalue weighted by molar-refractivity contribution is 0.688. The zero-order valence-corrected chi connectivity index (χ0v) is 4.98. The molecule has 0 radical (unpaired) electrons. The average Bonchev–Trinajstić information content (AvgIpc) is 1.86. The van der Waals surface area contributed by atoms with Gasteiger partial charge in [0.05, 0.1) is 5.08 Å². The van der Waals surface area contributed by atoms with Crippen LogP contribution in [0.3, 0.4) is 0 Å². The van der Waals surface area contributed by atoms with Crippen molar-refractivity contribution in [1.29, 1.82) is 0 Å². The Morgan fingerprint density at radius 1 is 1.67 bits per heavy atom. The molecular weight excluding hydrogens is 116 g/mol. The first-order valence-corrected chi connectivity index (χ1v) is 4.46. The third kappa shape index (κ3) is 0.980. The summed E-state index contributed by atoms with van der Waals surface area (Å²) >= 11 is 1.78. The molecule has 3 heteroatoms. The molecule has 1 aliphatic heterocycles. The lowest BCUT2D eigenvalue weighted by atomic mass is 11.0. The molecule has 0 spiro atoms. The van der Waals surface area contributed by atoms with Crippen molar-refractivity contribution in [2.45, 2.75) is 0 Å². The van der Waals surface area contributed by atoms with Crippen molar-refractivity contribution in [3.63, 3.8) is 0 Å². The molecule has 6 heavy (non-hydrogen) atoms. The van der Waals surface area contributed by atoms with E-state index in [2.05, 4.69) is 0 Å². The van der Waals surface area contributed by atoms with E-state index in [0.717, 1.165) is 16.6 Å². The molecule has 1 fully saturated rings. The highest BCUT2D eigenvalue weighted by Gasteiger charge is 2.05. The first-order chi connectivity index (χ1) is 2.89. The molecule has 1 saturated heterocycles. The quantitative estimate of drug-likeness (QED) is 0.464. The van der Waals surface area contributed by atoms with Crippen LogP contribution in [0.15, 0.2) is 0 Å². The van der Waals surface area contributed by atoms with Crippen molar-refractivity contribution in [1.82, 2.24) is 0 Å². The smallest absolute Gasteiger partial charge is 0.0692 e. The third-order valence-corrected chi connectivity index (χ3v) is 3.80. The standard InChI is InChI=1S/C3H6OS2/c4-6-2-1-5-3-6/h1-3H2/t6-/m1/s1. The predicted octanol–water partition coefficient (Wildman–Crippen LogP) is 0.439. The van der Waals surface area contributed by atoms with Crippen LogP contribution in [0.5, 0.6) is 0 Å². The topological polar surface area (TPSA) is 17.1 Å². The highest BCUT2D eigenvalue weighted by atomic mass is 32.2. The Balaban J connectivity index is 2.37. The first kappa shape index (κ1) is 4.65. The molecule has 0 bridgehead atoms. The van der Waals surface area contributed by atoms with Crippen molar-refractivity contribution in [2.75, 3.05) is 16.6 Å². The van der Waals surface area contributed by atoms with Crippen LogP contribution in [0, 0.1) is 0 Å². The van der Waals surface area contributed by atoms with E-state index in [-0.39, 0.29) is 0 Å². The van der Waals surface area contributed by atoms with Crippen LogP contribution >= 0.6 is 11.8 Å². The van der Waals surface area contributed by atoms with E-state index in [1.165, 1.54) is 0 Å². The van der Waals surface area contributed by atoms with E-state index < -0.39 is 10.8 Å². The zero-order chi connectivity index (χ0) is 4.41. The van der Waals surface area contributed by atoms with Gasteiger partial charge in [0.2, 0.25) is 0 Å². The fraction of sp³-hybridized carbons (Fsp3) is 1.00. The largest absolute Gasteiger partial charge is 0.259 e. The number of hydrogen-bond acceptors (Lipinski definition) is 2. The maximum atomic E-state index is 10.3. The van der Waals surface area contributed by atoms with Gasteiger partial charge in [-0.1, -0.05) is 0 Å². The van der Waals surface area contributed by atoms with Gasteiger partial charge in [0.1, 0.15) is 0 Å². The molecule has 1 aliphatic rings. The van der Waals surface area contributed by atoms with E-state index >= 15 is 0 Å². The summed E-state index contributed by atoms with van der Waals surface area (Å²) < 4.78 is 10.3. The van der Waals surface area contributed by atoms with Crippen LogP contribution in [0.1, 0.15) is 0 Å². The SMILES string of the molecule is O=[S@@]1CCSC1. The van der Waals surface area contributed by atoms with Gasteiger partial charge < -0.3 is 0 Å². The van der Waals surface area contributed by atoms with Gasteiger partial charge in [0.15, 0.2) is 0 Å². The average molecular weight is 122 g/mol. The lowest BCUT2D eigenvalue weighted by Crippen LogP contribution is -1.87. The highest BCUT2D eigenvalue weighted by Crippen LogP contribution is 2.10. The number of thioether (sulfide) groups is 1. The third-order valence-electron chi connectivity index (χ3n) is 0.670. The van der Waals surface area contributed by atoms with Crippen LogP contribution in [-0.2, 0) is 10.8 Å². The van der Waals surface area contributed by atoms with Crippen molar-refractivity contribution < 1.29 is 4.21 Å². The summed E-state index contributed by atoms with van der Waals surface area (Å²) in [6.45, 7) is 0. The molecule has 1 atom stereocenters. The minimum Gasteiger partial charge on any atom is -0.259 e. The van der Waals surface area contributed by atoms with E-state index in [1.807, 2.05) is 0 Å². The van der Waals surface area contributed by atoms with Crippen LogP contribution < -0.4 is 0 Å². The van der Waals surface area contributed by atoms with Gasteiger partial charge in [0.25, 0.3) is 0 Å². The van der Waals surface area contributed by atoms with Gasteiger partial charge in [-0.05, 0) is 0 Å². The molecule has 1 nitrogen and oxygen atoms in total. The van der Waals surface area contributed by atoms with E-state index in [1.54, 1.807) is 11.8 Å². The summed E-state index contributed by atoms with van der Waals surface area (Å²) in [6, 6.07) is 0. The lowest BCUT2D eigenvalue weighted by Gasteiger charge is -1.73. The zero-order valence-electron chi connectivity index (χ0n) is 3.35. The van der Waals surface area contributed by atoms with Gasteiger partial charge in [-0.25, -0.2) is 0 Å². The molecule has 0 aromatic heterocycles. The molecule has 0 aromatic carbocycles. The highest BCUT2D eigenvalue weighted by molar-refractivity contribution is 8.13. The summed E-state index contributed by atoms with van der Waals surface area (Å²) in [7, 11) is -0.460. The molecule has 1 heterocycles. The van der Waals surface area contributed by atoms with Crippen LogP contribution in [0.4, 0.5) is 0 Å². The summed E-state index contributed by atoms with van der Waals surface area (Å²) in [5.74, 6) is 2.03. The summed E-state index contributed by atoms with van der Waals surface area (Å²) in [5, 5.41) is 0.875. The van der Waals surface area contributed by atoms with Crippen LogP contribution in [0.25, 0.3) is 0 Å². The maximum Gasteiger partial charge on any atom is 0.0692 e. The monoisotopic (exact) mass is 122 g/mol. The Labute approximate surface area is 44.0 Å². The van der Waals surface area contributed by atoms with Gasteiger partial charge in [0, 0.05) is 22.3 Å². The Hall–Kier alpha value is 0.500. The maximum absolute atomic E-state index is 10.3. The fourth-order valence-corrected chi connectivity index (χ4v) is 3.26. The van der Waals surface area contributed by atoms with Gasteiger partial charge in [-0.3, -0.25) is 4.21 Å². The Bertz CT molecular complexity index is 63.2. The van der Waals surface area contributed by atoms with Crippen molar-refractivity contribution in [3.05, 3.63) is 0 Å². The van der Waals surface area contributed by atoms with Crippen LogP contribution in [-0.4, -0.2) is 20.8 Å². The fourth-order valence-electron chi connectivity index (χ4n) is 0.363. The molecule has 0 unspecified atom stereocenters. The van der Waals surface area contributed by atoms with E-state index in [4.69, 9.17) is 0 Å². The summed E-state index contributed by atoms with van der Waals surface area (Å²) in [6.07, 6.45) is 0. The van der Waals surface area contributed by atoms with Gasteiger partial charge in [-0.15, -0.1) is 11.8 Å². The van der Waals surface area contributed by atoms with Crippen molar-refractivity contribution in [2.24, 2.45) is 0 Å². The molecular formula is C3H6OS2. The van der Waals surface area contributed by atoms with Crippen molar-refractivity contribution in [3.8, 4) is 0 Å². The Morgan fingerprint density at radius 3 is 2.67 bits per heavy atom. The summed E-state index contributed by atoms with van der Waals surface area (Å²) in [5.41, 5.74) is 0. The minimum absolute atomic E-state index is 0.460. The Kier molecular flexibility index (Phi) is 1.54. The molecule has 1 rings (SSSR count). The normalized spacial score (nSPS) is 34.3. The van der Waals surface area contributed by atoms with Crippen molar-refractivity contribution >= 4 is 22.6 Å². The summed E-state index contributed by atoms with van der Waals surface area (Å²) in [4.78, 5) is 0. The molecule has 36 valence electrons. The molecule has 0 amide bonds. The molecule has 0 aliphatic carbocycles. The van der Waals surface area contributed by atoms with Gasteiger partial charge in [-0.2, -0.15) is 0 Å². The number of hydrogen-bond donors (Lipinski definition) is 0. The molecule has 0 saturated carbocycles.